The smallest absolute Gasteiger partial charge is 0.293 e. The van der Waals surface area contributed by atoms with E-state index in [2.05, 4.69) is 0 Å². The molecule has 19 heavy (non-hydrogen) atoms. The highest BCUT2D eigenvalue weighted by Gasteiger charge is 2.34. The summed E-state index contributed by atoms with van der Waals surface area (Å²) in [6, 6.07) is 2.35. The molecule has 1 nitrogen and oxygen atoms in total. The average molecular weight is 294 g/mol. The summed E-state index contributed by atoms with van der Waals surface area (Å²) >= 11 is 1.37. The van der Waals surface area contributed by atoms with Crippen molar-refractivity contribution in [3.05, 3.63) is 35.1 Å². The van der Waals surface area contributed by atoms with E-state index in [1.807, 2.05) is 13.8 Å². The summed E-state index contributed by atoms with van der Waals surface area (Å²) in [6.45, 7) is 3.89. The standard InChI is InChI=1S/C13H14F4OS/c1-3-8(2)19-7-12(18)9-4-5-11(14)10(6-9)13(15,16)17/h4-6,8H,3,7H2,1-2H3. The van der Waals surface area contributed by atoms with Crippen LogP contribution in [0.5, 0.6) is 0 Å². The second-order valence-electron chi connectivity index (χ2n) is 4.15. The number of hydrogen-bond acceptors (Lipinski definition) is 2. The van der Waals surface area contributed by atoms with Crippen LogP contribution in [0.4, 0.5) is 17.6 Å². The third-order valence-electron chi connectivity index (χ3n) is 2.67. The molecule has 0 radical (unpaired) electrons. The number of carbonyl (C=O) groups excluding carboxylic acids is 1. The lowest BCUT2D eigenvalue weighted by atomic mass is 10.1. The van der Waals surface area contributed by atoms with Gasteiger partial charge in [0.1, 0.15) is 5.82 Å². The minimum Gasteiger partial charge on any atom is -0.293 e. The van der Waals surface area contributed by atoms with Crippen molar-refractivity contribution in [1.82, 2.24) is 0 Å². The molecule has 1 rings (SSSR count). The van der Waals surface area contributed by atoms with Crippen molar-refractivity contribution in [2.75, 3.05) is 5.75 Å². The summed E-state index contributed by atoms with van der Waals surface area (Å²) < 4.78 is 50.6. The third kappa shape index (κ3) is 4.53. The van der Waals surface area contributed by atoms with Gasteiger partial charge in [0.05, 0.1) is 11.3 Å². The minimum atomic E-state index is -4.79. The lowest BCUT2D eigenvalue weighted by Crippen LogP contribution is -2.12. The number of carbonyl (C=O) groups is 1. The van der Waals surface area contributed by atoms with Gasteiger partial charge in [0.15, 0.2) is 5.78 Å². The molecular formula is C13H14F4OS. The van der Waals surface area contributed by atoms with Gasteiger partial charge >= 0.3 is 6.18 Å². The predicted octanol–water partition coefficient (Wildman–Crippen LogP) is 4.56. The number of hydrogen-bond donors (Lipinski definition) is 0. The Morgan fingerprint density at radius 1 is 1.37 bits per heavy atom. The normalized spacial score (nSPS) is 13.4. The molecule has 0 N–H and O–H groups in total. The second kappa shape index (κ2) is 6.41. The number of rotatable bonds is 5. The van der Waals surface area contributed by atoms with E-state index in [0.29, 0.717) is 12.1 Å². The van der Waals surface area contributed by atoms with E-state index in [9.17, 15) is 22.4 Å². The fourth-order valence-electron chi connectivity index (χ4n) is 1.34. The highest BCUT2D eigenvalue weighted by atomic mass is 32.2. The van der Waals surface area contributed by atoms with Crippen molar-refractivity contribution in [2.45, 2.75) is 31.7 Å². The van der Waals surface area contributed by atoms with Crippen molar-refractivity contribution in [2.24, 2.45) is 0 Å². The topological polar surface area (TPSA) is 17.1 Å². The number of Topliss-reactive ketones (excluding diaryl/α,β-unsaturated/α-hetero) is 1. The zero-order valence-electron chi connectivity index (χ0n) is 10.6. The molecule has 1 aromatic rings. The molecule has 1 unspecified atom stereocenters. The first-order valence-corrected chi connectivity index (χ1v) is 6.82. The van der Waals surface area contributed by atoms with Gasteiger partial charge in [-0.25, -0.2) is 4.39 Å². The van der Waals surface area contributed by atoms with Crippen molar-refractivity contribution in [3.63, 3.8) is 0 Å². The van der Waals surface area contributed by atoms with E-state index in [-0.39, 0.29) is 16.6 Å². The molecule has 106 valence electrons. The van der Waals surface area contributed by atoms with Crippen LogP contribution in [0.25, 0.3) is 0 Å². The average Bonchev–Trinajstić information content (AvgIpc) is 2.34. The van der Waals surface area contributed by atoms with Gasteiger partial charge in [0.25, 0.3) is 0 Å². The molecule has 0 saturated heterocycles. The molecule has 0 spiro atoms. The van der Waals surface area contributed by atoms with Crippen LogP contribution in [0.1, 0.15) is 36.2 Å². The molecule has 0 fully saturated rings. The van der Waals surface area contributed by atoms with Crippen molar-refractivity contribution < 1.29 is 22.4 Å². The van der Waals surface area contributed by atoms with E-state index in [1.165, 1.54) is 11.8 Å². The predicted molar refractivity (Wildman–Crippen MR) is 67.9 cm³/mol. The molecule has 0 aromatic heterocycles. The van der Waals surface area contributed by atoms with Crippen LogP contribution in [0.15, 0.2) is 18.2 Å². The summed E-state index contributed by atoms with van der Waals surface area (Å²) in [6.07, 6.45) is -3.92. The minimum absolute atomic E-state index is 0.0952. The largest absolute Gasteiger partial charge is 0.419 e. The maximum atomic E-state index is 13.1. The van der Waals surface area contributed by atoms with Gasteiger partial charge in [-0.15, -0.1) is 0 Å². The Kier molecular flexibility index (Phi) is 5.40. The number of thioether (sulfide) groups is 1. The molecule has 0 aliphatic heterocycles. The molecule has 0 amide bonds. The van der Waals surface area contributed by atoms with Crippen LogP contribution in [-0.4, -0.2) is 16.8 Å². The van der Waals surface area contributed by atoms with Gasteiger partial charge in [-0.05, 0) is 24.6 Å². The van der Waals surface area contributed by atoms with Gasteiger partial charge in [-0.1, -0.05) is 13.8 Å². The van der Waals surface area contributed by atoms with E-state index < -0.39 is 23.3 Å². The fourth-order valence-corrected chi connectivity index (χ4v) is 2.17. The Morgan fingerprint density at radius 3 is 2.53 bits per heavy atom. The molecule has 0 aliphatic rings. The molecular weight excluding hydrogens is 280 g/mol. The quantitative estimate of drug-likeness (QED) is 0.585. The Hall–Kier alpha value is -1.04. The number of benzene rings is 1. The maximum Gasteiger partial charge on any atom is 0.419 e. The highest BCUT2D eigenvalue weighted by molar-refractivity contribution is 8.00. The van der Waals surface area contributed by atoms with E-state index in [1.54, 1.807) is 0 Å². The van der Waals surface area contributed by atoms with Crippen LogP contribution < -0.4 is 0 Å². The molecule has 0 aliphatic carbocycles. The first-order chi connectivity index (χ1) is 8.75. The van der Waals surface area contributed by atoms with Crippen LogP contribution >= 0.6 is 11.8 Å². The lowest BCUT2D eigenvalue weighted by Gasteiger charge is -2.10. The van der Waals surface area contributed by atoms with Crippen molar-refractivity contribution >= 4 is 17.5 Å². The van der Waals surface area contributed by atoms with Crippen LogP contribution in [0, 0.1) is 5.82 Å². The second-order valence-corrected chi connectivity index (χ2v) is 5.57. The number of ketones is 1. The Bertz CT molecular complexity index is 456. The van der Waals surface area contributed by atoms with Gasteiger partial charge in [0.2, 0.25) is 0 Å². The summed E-state index contributed by atoms with van der Waals surface area (Å²) in [4.78, 5) is 11.7. The third-order valence-corrected chi connectivity index (χ3v) is 4.00. The zero-order valence-corrected chi connectivity index (χ0v) is 11.4. The van der Waals surface area contributed by atoms with Gasteiger partial charge in [-0.2, -0.15) is 24.9 Å². The number of alkyl halides is 3. The van der Waals surface area contributed by atoms with Crippen LogP contribution in [0.2, 0.25) is 0 Å². The van der Waals surface area contributed by atoms with Gasteiger partial charge < -0.3 is 0 Å². The first kappa shape index (κ1) is 16.0. The molecule has 0 saturated carbocycles. The Balaban J connectivity index is 2.87. The maximum absolute atomic E-state index is 13.1. The molecule has 1 aromatic carbocycles. The van der Waals surface area contributed by atoms with Crippen LogP contribution in [-0.2, 0) is 6.18 Å². The first-order valence-electron chi connectivity index (χ1n) is 5.77. The monoisotopic (exact) mass is 294 g/mol. The summed E-state index contributed by atoms with van der Waals surface area (Å²) in [5.74, 6) is -1.69. The van der Waals surface area contributed by atoms with Gasteiger partial charge in [0, 0.05) is 10.8 Å². The van der Waals surface area contributed by atoms with Gasteiger partial charge in [-0.3, -0.25) is 4.79 Å². The van der Waals surface area contributed by atoms with E-state index >= 15 is 0 Å². The Labute approximate surface area is 113 Å². The zero-order chi connectivity index (χ0) is 14.6. The summed E-state index contributed by atoms with van der Waals surface area (Å²) in [7, 11) is 0. The SMILES string of the molecule is CCC(C)SCC(=O)c1ccc(F)c(C(F)(F)F)c1. The molecule has 0 bridgehead atoms. The van der Waals surface area contributed by atoms with Crippen LogP contribution in [0.3, 0.4) is 0 Å². The Morgan fingerprint density at radius 2 is 2.00 bits per heavy atom. The fraction of sp³-hybridized carbons (Fsp3) is 0.462. The van der Waals surface area contributed by atoms with Crippen molar-refractivity contribution in [3.8, 4) is 0 Å². The number of halogens is 4. The van der Waals surface area contributed by atoms with E-state index in [4.69, 9.17) is 0 Å². The molecule has 1 atom stereocenters. The summed E-state index contributed by atoms with van der Waals surface area (Å²) in [5.41, 5.74) is -1.50. The highest BCUT2D eigenvalue weighted by Crippen LogP contribution is 2.32. The molecule has 6 heteroatoms. The van der Waals surface area contributed by atoms with Crippen molar-refractivity contribution in [1.29, 1.82) is 0 Å². The molecule has 0 heterocycles. The lowest BCUT2D eigenvalue weighted by molar-refractivity contribution is -0.140. The summed E-state index contributed by atoms with van der Waals surface area (Å²) in [5, 5.41) is 0.256. The van der Waals surface area contributed by atoms with E-state index in [0.717, 1.165) is 12.5 Å².